The first-order valence-corrected chi connectivity index (χ1v) is 9.94. The van der Waals surface area contributed by atoms with Crippen molar-refractivity contribution in [2.24, 2.45) is 0 Å². The van der Waals surface area contributed by atoms with Crippen molar-refractivity contribution >= 4 is 17.9 Å². The summed E-state index contributed by atoms with van der Waals surface area (Å²) in [6.07, 6.45) is -4.18. The topological polar surface area (TPSA) is 145 Å². The lowest BCUT2D eigenvalue weighted by Gasteiger charge is -2.40. The van der Waals surface area contributed by atoms with E-state index in [0.717, 1.165) is 0 Å². The van der Waals surface area contributed by atoms with Gasteiger partial charge >= 0.3 is 17.9 Å². The molecule has 1 aliphatic heterocycles. The molecular weight excluding hydrogens is 420 g/mol. The van der Waals surface area contributed by atoms with Crippen molar-refractivity contribution in [1.82, 2.24) is 0 Å². The zero-order chi connectivity index (χ0) is 23.1. The number of carbonyl (C=O) groups is 3. The Morgan fingerprint density at radius 3 is 1.74 bits per heavy atom. The number of esters is 3. The van der Waals surface area contributed by atoms with E-state index < -0.39 is 42.5 Å². The molecule has 1 N–H and O–H groups in total. The summed E-state index contributed by atoms with van der Waals surface area (Å²) in [6, 6.07) is 0. The van der Waals surface area contributed by atoms with E-state index in [1.807, 2.05) is 0 Å². The summed E-state index contributed by atoms with van der Waals surface area (Å²) in [6.45, 7) is 5.50. The molecule has 0 amide bonds. The summed E-state index contributed by atoms with van der Waals surface area (Å²) in [5.74, 6) is -1.87. The third-order valence-electron chi connectivity index (χ3n) is 3.79. The summed E-state index contributed by atoms with van der Waals surface area (Å²) in [4.78, 5) is 34.4. The molecule has 12 nitrogen and oxygen atoms in total. The van der Waals surface area contributed by atoms with Gasteiger partial charge in [0.2, 0.25) is 0 Å². The van der Waals surface area contributed by atoms with Crippen LogP contribution >= 0.6 is 0 Å². The van der Waals surface area contributed by atoms with Crippen LogP contribution in [0.1, 0.15) is 20.8 Å². The van der Waals surface area contributed by atoms with E-state index in [1.165, 1.54) is 20.8 Å². The Kier molecular flexibility index (Phi) is 13.9. The van der Waals surface area contributed by atoms with Crippen LogP contribution < -0.4 is 0 Å². The summed E-state index contributed by atoms with van der Waals surface area (Å²) in [5.41, 5.74) is 0. The molecule has 0 aliphatic carbocycles. The first-order valence-electron chi connectivity index (χ1n) is 9.94. The van der Waals surface area contributed by atoms with Crippen LogP contribution in [0.25, 0.3) is 0 Å². The number of carbonyl (C=O) groups excluding carboxylic acids is 3. The van der Waals surface area contributed by atoms with Gasteiger partial charge in [0.1, 0.15) is 0 Å². The molecule has 180 valence electrons. The van der Waals surface area contributed by atoms with E-state index in [1.54, 1.807) is 0 Å². The molecule has 0 saturated carbocycles. The number of aliphatic hydroxyl groups is 1. The Morgan fingerprint density at radius 2 is 1.23 bits per heavy atom. The van der Waals surface area contributed by atoms with E-state index in [4.69, 9.17) is 43.0 Å². The summed E-state index contributed by atoms with van der Waals surface area (Å²) >= 11 is 0. The largest absolute Gasteiger partial charge is 0.456 e. The van der Waals surface area contributed by atoms with Crippen LogP contribution in [0.3, 0.4) is 0 Å². The van der Waals surface area contributed by atoms with Crippen LogP contribution in [0.5, 0.6) is 0 Å². The molecule has 0 spiro atoms. The van der Waals surface area contributed by atoms with Gasteiger partial charge in [-0.2, -0.15) is 0 Å². The van der Waals surface area contributed by atoms with Crippen molar-refractivity contribution in [2.75, 3.05) is 59.5 Å². The molecule has 4 atom stereocenters. The van der Waals surface area contributed by atoms with E-state index in [2.05, 4.69) is 0 Å². The van der Waals surface area contributed by atoms with Gasteiger partial charge in [0.25, 0.3) is 0 Å². The van der Waals surface area contributed by atoms with Crippen LogP contribution in [0.4, 0.5) is 0 Å². The third kappa shape index (κ3) is 12.0. The van der Waals surface area contributed by atoms with Crippen LogP contribution in [0.2, 0.25) is 0 Å². The smallest absolute Gasteiger partial charge is 0.303 e. The number of ether oxygens (including phenoxy) is 8. The quantitative estimate of drug-likeness (QED) is 0.188. The van der Waals surface area contributed by atoms with Gasteiger partial charge in [0, 0.05) is 20.8 Å². The number of hydrogen-bond acceptors (Lipinski definition) is 12. The van der Waals surface area contributed by atoms with Gasteiger partial charge in [0.15, 0.2) is 24.6 Å². The lowest BCUT2D eigenvalue weighted by atomic mass is 10.0. The van der Waals surface area contributed by atoms with E-state index in [-0.39, 0.29) is 33.0 Å². The lowest BCUT2D eigenvalue weighted by molar-refractivity contribution is -0.282. The molecular formula is C19H32O12. The number of hydrogen-bond donors (Lipinski definition) is 1. The first kappa shape index (κ1) is 27.2. The average Bonchev–Trinajstić information content (AvgIpc) is 2.68. The molecule has 1 fully saturated rings. The van der Waals surface area contributed by atoms with Crippen LogP contribution in [-0.2, 0) is 52.3 Å². The molecule has 0 aromatic rings. The Hall–Kier alpha value is -1.83. The van der Waals surface area contributed by atoms with Crippen molar-refractivity contribution < 1.29 is 57.4 Å². The second-order valence-electron chi connectivity index (χ2n) is 6.43. The van der Waals surface area contributed by atoms with Crippen molar-refractivity contribution in [3.05, 3.63) is 0 Å². The van der Waals surface area contributed by atoms with E-state index in [0.29, 0.717) is 26.4 Å². The molecule has 1 heterocycles. The predicted molar refractivity (Wildman–Crippen MR) is 102 cm³/mol. The highest BCUT2D eigenvalue weighted by Gasteiger charge is 2.47. The number of aliphatic hydroxyl groups excluding tert-OH is 1. The monoisotopic (exact) mass is 452 g/mol. The van der Waals surface area contributed by atoms with Gasteiger partial charge in [-0.25, -0.2) is 0 Å². The Morgan fingerprint density at radius 1 is 0.742 bits per heavy atom. The maximum Gasteiger partial charge on any atom is 0.303 e. The van der Waals surface area contributed by atoms with Gasteiger partial charge in [-0.15, -0.1) is 0 Å². The standard InChI is InChI=1S/C19H32O12/c1-13(21)29-16-12-28-19(18(31-15(3)23)17(16)30-14(2)22)27-11-10-26-9-8-25-7-6-24-5-4-20/h16-20H,4-12H2,1-3H3/t16-,17+,18-,19-/m1/s1. The maximum atomic E-state index is 11.5. The minimum Gasteiger partial charge on any atom is -0.456 e. The fraction of sp³-hybridized carbons (Fsp3) is 0.842. The van der Waals surface area contributed by atoms with Gasteiger partial charge in [-0.05, 0) is 0 Å². The van der Waals surface area contributed by atoms with Crippen LogP contribution in [-0.4, -0.2) is 107 Å². The lowest BCUT2D eigenvalue weighted by Crippen LogP contribution is -2.58. The van der Waals surface area contributed by atoms with E-state index in [9.17, 15) is 14.4 Å². The molecule has 0 aromatic carbocycles. The molecule has 1 aliphatic rings. The van der Waals surface area contributed by atoms with Crippen LogP contribution in [0, 0.1) is 0 Å². The van der Waals surface area contributed by atoms with E-state index >= 15 is 0 Å². The first-order chi connectivity index (χ1) is 14.8. The fourth-order valence-electron chi connectivity index (χ4n) is 2.68. The average molecular weight is 452 g/mol. The predicted octanol–water partition coefficient (Wildman–Crippen LogP) is -0.803. The second-order valence-corrected chi connectivity index (χ2v) is 6.43. The molecule has 1 rings (SSSR count). The van der Waals surface area contributed by atoms with Gasteiger partial charge < -0.3 is 43.0 Å². The zero-order valence-corrected chi connectivity index (χ0v) is 18.1. The van der Waals surface area contributed by atoms with Crippen molar-refractivity contribution in [1.29, 1.82) is 0 Å². The van der Waals surface area contributed by atoms with Gasteiger partial charge in [0.05, 0.1) is 59.5 Å². The Balaban J connectivity index is 2.44. The summed E-state index contributed by atoms with van der Waals surface area (Å²) in [7, 11) is 0. The van der Waals surface area contributed by atoms with Gasteiger partial charge in [-0.1, -0.05) is 0 Å². The minimum absolute atomic E-state index is 0.0296. The molecule has 12 heteroatoms. The number of rotatable bonds is 15. The third-order valence-corrected chi connectivity index (χ3v) is 3.79. The molecule has 0 aromatic heterocycles. The highest BCUT2D eigenvalue weighted by Crippen LogP contribution is 2.25. The maximum absolute atomic E-state index is 11.5. The van der Waals surface area contributed by atoms with Crippen molar-refractivity contribution in [2.45, 2.75) is 45.4 Å². The minimum atomic E-state index is -1.12. The fourth-order valence-corrected chi connectivity index (χ4v) is 2.68. The molecule has 0 unspecified atom stereocenters. The zero-order valence-electron chi connectivity index (χ0n) is 18.1. The Labute approximate surface area is 180 Å². The molecule has 31 heavy (non-hydrogen) atoms. The normalized spacial score (nSPS) is 23.2. The highest BCUT2D eigenvalue weighted by atomic mass is 16.7. The SMILES string of the molecule is CC(=O)O[C@@H]1[C@@H](OC(C)=O)[C@H](OCCOCCOCCOCCO)OC[C@H]1OC(C)=O. The van der Waals surface area contributed by atoms with Crippen molar-refractivity contribution in [3.8, 4) is 0 Å². The molecule has 0 bridgehead atoms. The summed E-state index contributed by atoms with van der Waals surface area (Å²) in [5, 5.41) is 8.57. The van der Waals surface area contributed by atoms with Gasteiger partial charge in [-0.3, -0.25) is 14.4 Å². The molecule has 0 radical (unpaired) electrons. The van der Waals surface area contributed by atoms with Crippen molar-refractivity contribution in [3.63, 3.8) is 0 Å². The highest BCUT2D eigenvalue weighted by molar-refractivity contribution is 5.68. The van der Waals surface area contributed by atoms with Crippen LogP contribution in [0.15, 0.2) is 0 Å². The second kappa shape index (κ2) is 15.9. The summed E-state index contributed by atoms with van der Waals surface area (Å²) < 4.78 is 42.4. The molecule has 1 saturated heterocycles. The Bertz CT molecular complexity index is 540.